The molecule has 3 aromatic heterocycles. The van der Waals surface area contributed by atoms with Crippen LogP contribution in [0.2, 0.25) is 0 Å². The van der Waals surface area contributed by atoms with Gasteiger partial charge in [0.25, 0.3) is 5.92 Å². The average molecular weight is 509 g/mol. The summed E-state index contributed by atoms with van der Waals surface area (Å²) < 4.78 is 39.1. The number of aromatic nitrogens is 3. The Morgan fingerprint density at radius 3 is 2.76 bits per heavy atom. The summed E-state index contributed by atoms with van der Waals surface area (Å²) in [6.45, 7) is 1.69. The van der Waals surface area contributed by atoms with E-state index in [4.69, 9.17) is 14.1 Å². The van der Waals surface area contributed by atoms with Crippen molar-refractivity contribution in [2.24, 2.45) is 5.92 Å². The average Bonchev–Trinajstić information content (AvgIpc) is 3.66. The first kappa shape index (κ1) is 23.5. The van der Waals surface area contributed by atoms with E-state index in [1.165, 1.54) is 0 Å². The first-order valence-electron chi connectivity index (χ1n) is 12.2. The van der Waals surface area contributed by atoms with E-state index in [9.17, 15) is 13.6 Å². The smallest absolute Gasteiger partial charge is 0.272 e. The van der Waals surface area contributed by atoms with Gasteiger partial charge in [-0.2, -0.15) is 0 Å². The first-order chi connectivity index (χ1) is 17.8. The molecule has 0 bridgehead atoms. The summed E-state index contributed by atoms with van der Waals surface area (Å²) >= 11 is 0. The first-order valence-corrected chi connectivity index (χ1v) is 12.2. The second-order valence-corrected chi connectivity index (χ2v) is 9.58. The largest absolute Gasteiger partial charge is 0.436 e. The fourth-order valence-corrected chi connectivity index (χ4v) is 4.57. The number of oxazole rings is 1. The molecule has 0 spiro atoms. The number of pyridine rings is 2. The summed E-state index contributed by atoms with van der Waals surface area (Å²) in [6.07, 6.45) is 3.96. The summed E-state index contributed by atoms with van der Waals surface area (Å²) in [5.74, 6) is -1.46. The van der Waals surface area contributed by atoms with Crippen LogP contribution in [-0.4, -0.2) is 59.6 Å². The van der Waals surface area contributed by atoms with Gasteiger partial charge in [0.15, 0.2) is 5.58 Å². The van der Waals surface area contributed by atoms with Gasteiger partial charge in [-0.25, -0.2) is 23.7 Å². The minimum Gasteiger partial charge on any atom is -0.436 e. The third-order valence-corrected chi connectivity index (χ3v) is 6.81. The molecular weight excluding hydrogens is 482 g/mol. The quantitative estimate of drug-likeness (QED) is 0.387. The summed E-state index contributed by atoms with van der Waals surface area (Å²) in [5.41, 5.74) is 2.58. The van der Waals surface area contributed by atoms with Crippen molar-refractivity contribution in [1.82, 2.24) is 15.0 Å². The monoisotopic (exact) mass is 508 g/mol. The lowest BCUT2D eigenvalue weighted by atomic mass is 10.1. The third-order valence-electron chi connectivity index (χ3n) is 6.81. The zero-order valence-electron chi connectivity index (χ0n) is 20.4. The van der Waals surface area contributed by atoms with Gasteiger partial charge in [0, 0.05) is 55.3 Å². The lowest BCUT2D eigenvalue weighted by Gasteiger charge is -2.36. The van der Waals surface area contributed by atoms with Crippen LogP contribution in [0.25, 0.3) is 33.3 Å². The molecule has 1 atom stereocenters. The van der Waals surface area contributed by atoms with Crippen molar-refractivity contribution >= 4 is 45.1 Å². The molecule has 2 aliphatic rings. The van der Waals surface area contributed by atoms with Crippen molar-refractivity contribution in [3.8, 4) is 11.5 Å². The van der Waals surface area contributed by atoms with Crippen LogP contribution in [-0.2, 0) is 9.53 Å². The minimum atomic E-state index is -2.93. The Morgan fingerprint density at radius 1 is 1.16 bits per heavy atom. The summed E-state index contributed by atoms with van der Waals surface area (Å²) in [6, 6.07) is 7.25. The van der Waals surface area contributed by atoms with Gasteiger partial charge in [-0.1, -0.05) is 0 Å². The van der Waals surface area contributed by atoms with Crippen molar-refractivity contribution in [1.29, 1.82) is 0 Å². The highest BCUT2D eigenvalue weighted by Gasteiger charge is 2.38. The number of halogens is 2. The second kappa shape index (κ2) is 8.91. The molecule has 1 unspecified atom stereocenters. The second-order valence-electron chi connectivity index (χ2n) is 9.58. The molecule has 192 valence electrons. The Kier molecular flexibility index (Phi) is 5.67. The number of carbonyl (C=O) groups excluding carboxylic acids is 1. The number of carbonyl (C=O) groups is 1. The van der Waals surface area contributed by atoms with E-state index in [-0.39, 0.29) is 25.0 Å². The molecule has 4 aromatic rings. The number of nitrogens with one attached hydrogen (secondary N) is 2. The fourth-order valence-electron chi connectivity index (χ4n) is 4.57. The van der Waals surface area contributed by atoms with Crippen molar-refractivity contribution in [2.75, 3.05) is 42.3 Å². The molecule has 1 saturated heterocycles. The molecule has 4 heterocycles. The highest BCUT2D eigenvalue weighted by molar-refractivity contribution is 6.03. The number of hydrogen-bond donors (Lipinski definition) is 2. The lowest BCUT2D eigenvalue weighted by Crippen LogP contribution is -2.49. The highest BCUT2D eigenvalue weighted by atomic mass is 19.3. The van der Waals surface area contributed by atoms with Crippen LogP contribution >= 0.6 is 0 Å². The number of hydrogen-bond acceptors (Lipinski definition) is 8. The number of nitrogens with zero attached hydrogens (tertiary/aromatic N) is 4. The van der Waals surface area contributed by atoms with Gasteiger partial charge >= 0.3 is 0 Å². The fraction of sp³-hybridized carbons (Fsp3) is 0.385. The normalized spacial score (nSPS) is 18.4. The van der Waals surface area contributed by atoms with Crippen LogP contribution in [0.15, 0.2) is 41.1 Å². The maximum Gasteiger partial charge on any atom is 0.272 e. The molecule has 6 rings (SSSR count). The van der Waals surface area contributed by atoms with Gasteiger partial charge in [0.2, 0.25) is 11.8 Å². The van der Waals surface area contributed by atoms with Crippen LogP contribution in [0.3, 0.4) is 0 Å². The van der Waals surface area contributed by atoms with Crippen molar-refractivity contribution < 1.29 is 22.7 Å². The number of benzene rings is 1. The Labute approximate surface area is 211 Å². The lowest BCUT2D eigenvalue weighted by molar-refractivity contribution is -0.128. The molecule has 9 nitrogen and oxygen atoms in total. The molecule has 1 aromatic carbocycles. The predicted octanol–water partition coefficient (Wildman–Crippen LogP) is 4.69. The van der Waals surface area contributed by atoms with Gasteiger partial charge in [0.05, 0.1) is 18.7 Å². The zero-order valence-corrected chi connectivity index (χ0v) is 20.4. The molecule has 1 aliphatic heterocycles. The van der Waals surface area contributed by atoms with E-state index in [0.29, 0.717) is 40.7 Å². The summed E-state index contributed by atoms with van der Waals surface area (Å²) in [4.78, 5) is 27.7. The molecule has 1 amide bonds. The number of fused-ring (bicyclic) bond motifs is 2. The van der Waals surface area contributed by atoms with Crippen LogP contribution in [0.5, 0.6) is 0 Å². The van der Waals surface area contributed by atoms with E-state index in [1.807, 2.05) is 17.0 Å². The van der Waals surface area contributed by atoms with Crippen molar-refractivity contribution in [3.05, 3.63) is 36.7 Å². The number of rotatable bonds is 6. The maximum atomic E-state index is 13.8. The maximum absolute atomic E-state index is 13.8. The molecule has 1 saturated carbocycles. The number of morpholine rings is 1. The third kappa shape index (κ3) is 4.55. The van der Waals surface area contributed by atoms with Gasteiger partial charge in [-0.15, -0.1) is 0 Å². The molecule has 11 heteroatoms. The van der Waals surface area contributed by atoms with Crippen LogP contribution in [0, 0.1) is 5.92 Å². The van der Waals surface area contributed by atoms with Gasteiger partial charge in [0.1, 0.15) is 23.3 Å². The Morgan fingerprint density at radius 2 is 2.00 bits per heavy atom. The highest BCUT2D eigenvalue weighted by Crippen LogP contribution is 2.36. The van der Waals surface area contributed by atoms with Gasteiger partial charge < -0.3 is 24.7 Å². The molecule has 2 fully saturated rings. The number of anilines is 3. The number of alkyl halides is 2. The molecule has 2 N–H and O–H groups in total. The topological polar surface area (TPSA) is 105 Å². The van der Waals surface area contributed by atoms with Crippen molar-refractivity contribution in [3.63, 3.8) is 0 Å². The number of ether oxygens (including phenoxy) is 1. The molecular formula is C26H26F2N6O3. The molecule has 37 heavy (non-hydrogen) atoms. The van der Waals surface area contributed by atoms with E-state index in [2.05, 4.69) is 20.6 Å². The predicted molar refractivity (Wildman–Crippen MR) is 136 cm³/mol. The number of amides is 1. The Hall–Kier alpha value is -3.86. The van der Waals surface area contributed by atoms with Crippen LogP contribution in [0.1, 0.15) is 19.8 Å². The van der Waals surface area contributed by atoms with E-state index in [0.717, 1.165) is 36.2 Å². The SMILES string of the molecule is CNc1ncc(-c2nc3cc(N4CCOC(C(C)(F)F)C4)ccc3o2)c2cc(NC(=O)C3CC3)ncc12. The van der Waals surface area contributed by atoms with Crippen LogP contribution < -0.4 is 15.5 Å². The van der Waals surface area contributed by atoms with Crippen molar-refractivity contribution in [2.45, 2.75) is 31.8 Å². The van der Waals surface area contributed by atoms with Gasteiger partial charge in [-0.3, -0.25) is 4.79 Å². The Balaban J connectivity index is 1.36. The Bertz CT molecular complexity index is 1500. The standard InChI is InChI=1S/C26H26F2N6O3/c1-26(27,28)21-13-34(7-8-36-21)15-5-6-20-19(9-15)32-25(37-20)18-12-31-23(29-2)17-11-30-22(10-16(17)18)33-24(35)14-3-4-14/h5-6,9-12,14,21H,3-4,7-8,13H2,1-2H3,(H,29,31)(H,30,33,35). The zero-order chi connectivity index (χ0) is 25.7. The van der Waals surface area contributed by atoms with E-state index in [1.54, 1.807) is 31.6 Å². The minimum absolute atomic E-state index is 0.0307. The molecule has 1 aliphatic carbocycles. The van der Waals surface area contributed by atoms with E-state index < -0.39 is 12.0 Å². The summed E-state index contributed by atoms with van der Waals surface area (Å²) in [7, 11) is 1.77. The van der Waals surface area contributed by atoms with Crippen LogP contribution in [0.4, 0.5) is 26.1 Å². The van der Waals surface area contributed by atoms with E-state index >= 15 is 0 Å². The molecule has 0 radical (unpaired) electrons. The summed E-state index contributed by atoms with van der Waals surface area (Å²) in [5, 5.41) is 7.48. The van der Waals surface area contributed by atoms with Gasteiger partial charge in [-0.05, 0) is 37.1 Å².